The summed E-state index contributed by atoms with van der Waals surface area (Å²) < 4.78 is 14.2. The number of hydrogen-bond acceptors (Lipinski definition) is 4. The molecule has 0 spiro atoms. The maximum absolute atomic E-state index is 14.2. The van der Waals surface area contributed by atoms with Crippen molar-refractivity contribution < 1.29 is 9.50 Å². The van der Waals surface area contributed by atoms with Crippen LogP contribution in [0.15, 0.2) is 41.4 Å². The molecule has 2 aromatic carbocycles. The first-order chi connectivity index (χ1) is 12.5. The predicted molar refractivity (Wildman–Crippen MR) is 103 cm³/mol. The van der Waals surface area contributed by atoms with E-state index in [1.165, 1.54) is 25.0 Å². The molecule has 0 amide bonds. The molecule has 0 aromatic heterocycles. The van der Waals surface area contributed by atoms with Crippen molar-refractivity contribution in [2.75, 3.05) is 18.0 Å². The Hall–Kier alpha value is -2.11. The van der Waals surface area contributed by atoms with Crippen molar-refractivity contribution in [3.63, 3.8) is 0 Å². The number of fused-ring (bicyclic) bond motifs is 1. The number of amidine groups is 1. The average Bonchev–Trinajstić information content (AvgIpc) is 2.81. The standard InChI is InChI=1S/C20H21ClFN3O/c21-13-5-7-17-15(11-13)20(26,19(23)24-17)16-12-14(22)6-8-18(16)25-9-3-1-2-4-10-25/h5-8,11-12,26H,1-4,9-10H2,(H2,23,24). The second-order valence-corrected chi connectivity index (χ2v) is 7.37. The fourth-order valence-corrected chi connectivity index (χ4v) is 4.08. The van der Waals surface area contributed by atoms with E-state index in [4.69, 9.17) is 17.3 Å². The van der Waals surface area contributed by atoms with E-state index in [2.05, 4.69) is 9.89 Å². The predicted octanol–water partition coefficient (Wildman–Crippen LogP) is 4.10. The van der Waals surface area contributed by atoms with Crippen LogP contribution < -0.4 is 10.6 Å². The van der Waals surface area contributed by atoms with E-state index < -0.39 is 11.4 Å². The van der Waals surface area contributed by atoms with Gasteiger partial charge in [0.2, 0.25) is 0 Å². The van der Waals surface area contributed by atoms with E-state index in [9.17, 15) is 9.50 Å². The van der Waals surface area contributed by atoms with Crippen molar-refractivity contribution >= 4 is 28.8 Å². The third kappa shape index (κ3) is 2.75. The molecule has 4 nitrogen and oxygen atoms in total. The smallest absolute Gasteiger partial charge is 0.176 e. The molecular formula is C20H21ClFN3O. The molecule has 2 heterocycles. The maximum atomic E-state index is 14.2. The van der Waals surface area contributed by atoms with Crippen molar-refractivity contribution in [2.24, 2.45) is 10.7 Å². The molecule has 3 N–H and O–H groups in total. The number of nitrogens with two attached hydrogens (primary N) is 1. The van der Waals surface area contributed by atoms with Crippen LogP contribution in [0.2, 0.25) is 5.02 Å². The zero-order chi connectivity index (χ0) is 18.3. The van der Waals surface area contributed by atoms with E-state index in [1.807, 2.05) is 0 Å². The lowest BCUT2D eigenvalue weighted by molar-refractivity contribution is 0.158. The highest BCUT2D eigenvalue weighted by Gasteiger charge is 2.44. The maximum Gasteiger partial charge on any atom is 0.176 e. The highest BCUT2D eigenvalue weighted by Crippen LogP contribution is 2.46. The lowest BCUT2D eigenvalue weighted by atomic mass is 9.85. The number of anilines is 1. The second-order valence-electron chi connectivity index (χ2n) is 6.93. The van der Waals surface area contributed by atoms with Gasteiger partial charge in [0.1, 0.15) is 11.7 Å². The SMILES string of the molecule is NC1=Nc2ccc(Cl)cc2C1(O)c1cc(F)ccc1N1CCCCCC1. The Morgan fingerprint density at radius 1 is 1.04 bits per heavy atom. The average molecular weight is 374 g/mol. The molecular weight excluding hydrogens is 353 g/mol. The summed E-state index contributed by atoms with van der Waals surface area (Å²) in [6, 6.07) is 9.57. The minimum Gasteiger partial charge on any atom is -0.384 e. The summed E-state index contributed by atoms with van der Waals surface area (Å²) in [4.78, 5) is 6.51. The fraction of sp³-hybridized carbons (Fsp3) is 0.350. The molecule has 4 rings (SSSR count). The Balaban J connectivity index is 1.89. The first-order valence-electron chi connectivity index (χ1n) is 8.92. The summed E-state index contributed by atoms with van der Waals surface area (Å²) in [5.41, 5.74) is 6.71. The Kier molecular flexibility index (Phi) is 4.37. The molecule has 1 atom stereocenters. The van der Waals surface area contributed by atoms with Gasteiger partial charge in [0.05, 0.1) is 5.69 Å². The molecule has 136 valence electrons. The van der Waals surface area contributed by atoms with Gasteiger partial charge in [-0.1, -0.05) is 24.4 Å². The molecule has 6 heteroatoms. The number of hydrogen-bond donors (Lipinski definition) is 2. The van der Waals surface area contributed by atoms with E-state index in [1.54, 1.807) is 24.3 Å². The normalized spacial score (nSPS) is 22.7. The van der Waals surface area contributed by atoms with Gasteiger partial charge in [0.25, 0.3) is 0 Å². The van der Waals surface area contributed by atoms with Crippen LogP contribution in [0.25, 0.3) is 0 Å². The van der Waals surface area contributed by atoms with Gasteiger partial charge in [-0.2, -0.15) is 0 Å². The van der Waals surface area contributed by atoms with Crippen molar-refractivity contribution in [3.05, 3.63) is 58.4 Å². The number of aliphatic imine (C=N–C) groups is 1. The Morgan fingerprint density at radius 2 is 1.77 bits per heavy atom. The molecule has 0 radical (unpaired) electrons. The number of halogens is 2. The van der Waals surface area contributed by atoms with Crippen LogP contribution in [0.5, 0.6) is 0 Å². The van der Waals surface area contributed by atoms with Crippen LogP contribution >= 0.6 is 11.6 Å². The first kappa shape index (κ1) is 17.3. The van der Waals surface area contributed by atoms with Crippen molar-refractivity contribution in [3.8, 4) is 0 Å². The van der Waals surface area contributed by atoms with E-state index in [0.717, 1.165) is 31.6 Å². The van der Waals surface area contributed by atoms with Crippen molar-refractivity contribution in [1.29, 1.82) is 0 Å². The van der Waals surface area contributed by atoms with Crippen LogP contribution in [0.1, 0.15) is 36.8 Å². The minimum absolute atomic E-state index is 0.0384. The van der Waals surface area contributed by atoms with E-state index in [-0.39, 0.29) is 5.84 Å². The zero-order valence-electron chi connectivity index (χ0n) is 14.4. The van der Waals surface area contributed by atoms with Crippen LogP contribution in [-0.2, 0) is 5.60 Å². The van der Waals surface area contributed by atoms with E-state index in [0.29, 0.717) is 21.8 Å². The van der Waals surface area contributed by atoms with Gasteiger partial charge in [-0.15, -0.1) is 0 Å². The third-order valence-corrected chi connectivity index (χ3v) is 5.49. The molecule has 1 saturated heterocycles. The molecule has 0 saturated carbocycles. The first-order valence-corrected chi connectivity index (χ1v) is 9.30. The molecule has 26 heavy (non-hydrogen) atoms. The van der Waals surface area contributed by atoms with Crippen molar-refractivity contribution in [1.82, 2.24) is 0 Å². The highest BCUT2D eigenvalue weighted by atomic mass is 35.5. The fourth-order valence-electron chi connectivity index (χ4n) is 3.91. The van der Waals surface area contributed by atoms with Gasteiger partial charge in [-0.3, -0.25) is 0 Å². The van der Waals surface area contributed by atoms with E-state index >= 15 is 0 Å². The summed E-state index contributed by atoms with van der Waals surface area (Å²) in [5, 5.41) is 12.1. The molecule has 2 aliphatic rings. The summed E-state index contributed by atoms with van der Waals surface area (Å²) >= 11 is 6.14. The van der Waals surface area contributed by atoms with Gasteiger partial charge >= 0.3 is 0 Å². The summed E-state index contributed by atoms with van der Waals surface area (Å²) in [7, 11) is 0. The topological polar surface area (TPSA) is 61.9 Å². The Morgan fingerprint density at radius 3 is 2.50 bits per heavy atom. The van der Waals surface area contributed by atoms with Gasteiger partial charge in [0.15, 0.2) is 5.60 Å². The molecule has 2 aromatic rings. The summed E-state index contributed by atoms with van der Waals surface area (Å²) in [6.45, 7) is 1.74. The second kappa shape index (κ2) is 6.56. The van der Waals surface area contributed by atoms with Crippen LogP contribution in [0, 0.1) is 5.82 Å². The molecule has 0 bridgehead atoms. The van der Waals surface area contributed by atoms with Crippen molar-refractivity contribution in [2.45, 2.75) is 31.3 Å². The number of aliphatic hydroxyl groups is 1. The Bertz CT molecular complexity index is 877. The van der Waals surface area contributed by atoms with Gasteiger partial charge < -0.3 is 15.7 Å². The molecule has 1 unspecified atom stereocenters. The highest BCUT2D eigenvalue weighted by molar-refractivity contribution is 6.30. The monoisotopic (exact) mass is 373 g/mol. The molecule has 0 aliphatic carbocycles. The number of benzene rings is 2. The number of rotatable bonds is 2. The lowest BCUT2D eigenvalue weighted by Gasteiger charge is -2.32. The Labute approximate surface area is 157 Å². The van der Waals surface area contributed by atoms with Gasteiger partial charge in [-0.25, -0.2) is 9.38 Å². The summed E-state index contributed by atoms with van der Waals surface area (Å²) in [6.07, 6.45) is 4.50. The van der Waals surface area contributed by atoms with Crippen LogP contribution in [-0.4, -0.2) is 24.0 Å². The lowest BCUT2D eigenvalue weighted by Crippen LogP contribution is -2.41. The molecule has 2 aliphatic heterocycles. The zero-order valence-corrected chi connectivity index (χ0v) is 15.1. The minimum atomic E-state index is -1.69. The quantitative estimate of drug-likeness (QED) is 0.833. The van der Waals surface area contributed by atoms with Crippen LogP contribution in [0.4, 0.5) is 15.8 Å². The third-order valence-electron chi connectivity index (χ3n) is 5.26. The van der Waals surface area contributed by atoms with Gasteiger partial charge in [0, 0.05) is 34.9 Å². The number of nitrogens with zero attached hydrogens (tertiary/aromatic N) is 2. The van der Waals surface area contributed by atoms with Gasteiger partial charge in [-0.05, 0) is 49.2 Å². The molecule has 1 fully saturated rings. The largest absolute Gasteiger partial charge is 0.384 e. The summed E-state index contributed by atoms with van der Waals surface area (Å²) in [5.74, 6) is -0.383. The van der Waals surface area contributed by atoms with Crippen LogP contribution in [0.3, 0.4) is 0 Å².